The van der Waals surface area contributed by atoms with E-state index in [1.165, 1.54) is 11.1 Å². The molecule has 88 valence electrons. The highest BCUT2D eigenvalue weighted by Gasteiger charge is 2.20. The average Bonchev–Trinajstić information content (AvgIpc) is 2.15. The molecule has 16 heavy (non-hydrogen) atoms. The molecule has 0 unspecified atom stereocenters. The number of pyridine rings is 1. The van der Waals surface area contributed by atoms with Crippen molar-refractivity contribution in [2.45, 2.75) is 26.4 Å². The first kappa shape index (κ1) is 12.8. The van der Waals surface area contributed by atoms with E-state index in [0.29, 0.717) is 10.8 Å². The second-order valence-corrected chi connectivity index (χ2v) is 4.77. The van der Waals surface area contributed by atoms with Crippen LogP contribution in [0, 0.1) is 0 Å². The minimum absolute atomic E-state index is 0.390. The van der Waals surface area contributed by atoms with Gasteiger partial charge in [0.05, 0.1) is 11.9 Å². The minimum atomic E-state index is -0.509. The van der Waals surface area contributed by atoms with E-state index in [4.69, 9.17) is 16.3 Å². The van der Waals surface area contributed by atoms with Crippen molar-refractivity contribution in [3.05, 3.63) is 23.5 Å². The topological polar surface area (TPSA) is 42.4 Å². The monoisotopic (exact) mass is 242 g/mol. The lowest BCUT2D eigenvalue weighted by Crippen LogP contribution is -2.34. The molecule has 5 heteroatoms. The largest absolute Gasteiger partial charge is 0.443 e. The van der Waals surface area contributed by atoms with Crippen molar-refractivity contribution < 1.29 is 9.53 Å². The Morgan fingerprint density at radius 3 is 2.50 bits per heavy atom. The number of ether oxygens (including phenoxy) is 1. The third kappa shape index (κ3) is 3.70. The predicted molar refractivity (Wildman–Crippen MR) is 63.9 cm³/mol. The lowest BCUT2D eigenvalue weighted by molar-refractivity contribution is 0.0589. The van der Waals surface area contributed by atoms with Gasteiger partial charge in [-0.3, -0.25) is 4.90 Å². The molecule has 0 atom stereocenters. The molecule has 0 aliphatic rings. The molecule has 1 aromatic heterocycles. The van der Waals surface area contributed by atoms with Crippen LogP contribution in [0.15, 0.2) is 18.3 Å². The van der Waals surface area contributed by atoms with Crippen LogP contribution in [0.2, 0.25) is 5.15 Å². The van der Waals surface area contributed by atoms with Gasteiger partial charge in [0.25, 0.3) is 0 Å². The van der Waals surface area contributed by atoms with Crippen molar-refractivity contribution in [2.24, 2.45) is 0 Å². The molecule has 0 aliphatic heterocycles. The van der Waals surface area contributed by atoms with Crippen molar-refractivity contribution in [3.63, 3.8) is 0 Å². The first-order valence-corrected chi connectivity index (χ1v) is 5.25. The Labute approximate surface area is 100 Å². The number of carbonyl (C=O) groups excluding carboxylic acids is 1. The molecular weight excluding hydrogens is 228 g/mol. The second-order valence-electron chi connectivity index (χ2n) is 4.38. The summed E-state index contributed by atoms with van der Waals surface area (Å²) in [5.41, 5.74) is 0.129. The Hall–Kier alpha value is -1.29. The highest BCUT2D eigenvalue weighted by Crippen LogP contribution is 2.17. The summed E-state index contributed by atoms with van der Waals surface area (Å²) >= 11 is 5.66. The number of halogens is 1. The van der Waals surface area contributed by atoms with Crippen molar-refractivity contribution in [2.75, 3.05) is 11.9 Å². The van der Waals surface area contributed by atoms with E-state index in [-0.39, 0.29) is 0 Å². The summed E-state index contributed by atoms with van der Waals surface area (Å²) in [4.78, 5) is 17.0. The maximum Gasteiger partial charge on any atom is 0.414 e. The smallest absolute Gasteiger partial charge is 0.414 e. The van der Waals surface area contributed by atoms with E-state index in [1.54, 1.807) is 19.2 Å². The van der Waals surface area contributed by atoms with Crippen LogP contribution in [0.1, 0.15) is 20.8 Å². The van der Waals surface area contributed by atoms with Gasteiger partial charge in [-0.1, -0.05) is 11.6 Å². The Bertz CT molecular complexity index is 371. The normalized spacial score (nSPS) is 11.1. The summed E-state index contributed by atoms with van der Waals surface area (Å²) < 4.78 is 5.21. The van der Waals surface area contributed by atoms with Gasteiger partial charge in [0.15, 0.2) is 0 Å². The molecule has 0 aliphatic carbocycles. The second kappa shape index (κ2) is 4.70. The molecule has 4 nitrogen and oxygen atoms in total. The number of anilines is 1. The Balaban J connectivity index is 2.74. The number of hydrogen-bond acceptors (Lipinski definition) is 3. The summed E-state index contributed by atoms with van der Waals surface area (Å²) in [5, 5.41) is 0.390. The number of hydrogen-bond donors (Lipinski definition) is 0. The SMILES string of the molecule is CN(C(=O)OC(C)(C)C)c1ccc(Cl)nc1. The zero-order valence-electron chi connectivity index (χ0n) is 9.82. The molecule has 0 aromatic carbocycles. The highest BCUT2D eigenvalue weighted by molar-refractivity contribution is 6.29. The average molecular weight is 243 g/mol. The third-order valence-corrected chi connectivity index (χ3v) is 1.99. The zero-order valence-corrected chi connectivity index (χ0v) is 10.6. The van der Waals surface area contributed by atoms with Gasteiger partial charge in [0.1, 0.15) is 10.8 Å². The van der Waals surface area contributed by atoms with Crippen LogP contribution >= 0.6 is 11.6 Å². The fraction of sp³-hybridized carbons (Fsp3) is 0.455. The molecule has 1 heterocycles. The summed E-state index contributed by atoms with van der Waals surface area (Å²) in [6.45, 7) is 5.45. The number of rotatable bonds is 1. The molecule has 1 amide bonds. The molecule has 0 spiro atoms. The van der Waals surface area contributed by atoms with E-state index in [9.17, 15) is 4.79 Å². The predicted octanol–water partition coefficient (Wildman–Crippen LogP) is 3.11. The van der Waals surface area contributed by atoms with E-state index in [1.807, 2.05) is 20.8 Å². The zero-order chi connectivity index (χ0) is 12.3. The van der Waals surface area contributed by atoms with Crippen LogP contribution in [-0.2, 0) is 4.74 Å². The fourth-order valence-electron chi connectivity index (χ4n) is 1.00. The van der Waals surface area contributed by atoms with E-state index in [0.717, 1.165) is 0 Å². The first-order valence-electron chi connectivity index (χ1n) is 4.88. The van der Waals surface area contributed by atoms with Crippen LogP contribution in [0.3, 0.4) is 0 Å². The van der Waals surface area contributed by atoms with Crippen molar-refractivity contribution in [3.8, 4) is 0 Å². The molecular formula is C11H15ClN2O2. The molecule has 1 rings (SSSR count). The standard InChI is InChI=1S/C11H15ClN2O2/c1-11(2,3)16-10(15)14(4)8-5-6-9(12)13-7-8/h5-7H,1-4H3. The maximum absolute atomic E-state index is 11.7. The molecule has 0 bridgehead atoms. The number of nitrogens with zero attached hydrogens (tertiary/aromatic N) is 2. The maximum atomic E-state index is 11.7. The molecule has 1 aromatic rings. The summed E-state index contributed by atoms with van der Waals surface area (Å²) in [5.74, 6) is 0. The molecule has 0 fully saturated rings. The van der Waals surface area contributed by atoms with Crippen LogP contribution in [0.25, 0.3) is 0 Å². The summed E-state index contributed by atoms with van der Waals surface area (Å²) in [6, 6.07) is 3.33. The van der Waals surface area contributed by atoms with Crippen LogP contribution < -0.4 is 4.90 Å². The summed E-state index contributed by atoms with van der Waals surface area (Å²) in [7, 11) is 1.62. The van der Waals surface area contributed by atoms with Crippen LogP contribution in [0.4, 0.5) is 10.5 Å². The van der Waals surface area contributed by atoms with E-state index >= 15 is 0 Å². The van der Waals surface area contributed by atoms with Gasteiger partial charge < -0.3 is 4.74 Å². The lowest BCUT2D eigenvalue weighted by Gasteiger charge is -2.24. The molecule has 0 radical (unpaired) electrons. The highest BCUT2D eigenvalue weighted by atomic mass is 35.5. The first-order chi connectivity index (χ1) is 7.29. The Kier molecular flexibility index (Phi) is 3.75. The van der Waals surface area contributed by atoms with Gasteiger partial charge >= 0.3 is 6.09 Å². The number of amides is 1. The third-order valence-electron chi connectivity index (χ3n) is 1.77. The summed E-state index contributed by atoms with van der Waals surface area (Å²) in [6.07, 6.45) is 1.10. The van der Waals surface area contributed by atoms with Crippen molar-refractivity contribution in [1.29, 1.82) is 0 Å². The Morgan fingerprint density at radius 2 is 2.06 bits per heavy atom. The van der Waals surface area contributed by atoms with E-state index in [2.05, 4.69) is 4.98 Å². The van der Waals surface area contributed by atoms with Crippen molar-refractivity contribution in [1.82, 2.24) is 4.98 Å². The molecule has 0 N–H and O–H groups in total. The van der Waals surface area contributed by atoms with Crippen molar-refractivity contribution >= 4 is 23.4 Å². The van der Waals surface area contributed by atoms with Crippen LogP contribution in [0.5, 0.6) is 0 Å². The van der Waals surface area contributed by atoms with Gasteiger partial charge in [-0.2, -0.15) is 0 Å². The Morgan fingerprint density at radius 1 is 1.44 bits per heavy atom. The number of carbonyl (C=O) groups is 1. The van der Waals surface area contributed by atoms with Crippen LogP contribution in [-0.4, -0.2) is 23.7 Å². The molecule has 0 saturated heterocycles. The fourth-order valence-corrected chi connectivity index (χ4v) is 1.11. The van der Waals surface area contributed by atoms with E-state index < -0.39 is 11.7 Å². The molecule has 0 saturated carbocycles. The van der Waals surface area contributed by atoms with Gasteiger partial charge in [-0.05, 0) is 32.9 Å². The van der Waals surface area contributed by atoms with Gasteiger partial charge in [-0.25, -0.2) is 9.78 Å². The minimum Gasteiger partial charge on any atom is -0.443 e. The van der Waals surface area contributed by atoms with Gasteiger partial charge in [0.2, 0.25) is 0 Å². The van der Waals surface area contributed by atoms with Gasteiger partial charge in [0, 0.05) is 7.05 Å². The lowest BCUT2D eigenvalue weighted by atomic mass is 10.2. The number of aromatic nitrogens is 1. The quantitative estimate of drug-likeness (QED) is 0.711. The van der Waals surface area contributed by atoms with Gasteiger partial charge in [-0.15, -0.1) is 0 Å².